The van der Waals surface area contributed by atoms with Crippen LogP contribution in [0.2, 0.25) is 0 Å². The Hall–Kier alpha value is -2.28. The topological polar surface area (TPSA) is 84.1 Å². The molecule has 1 fully saturated rings. The van der Waals surface area contributed by atoms with Crippen molar-refractivity contribution < 1.29 is 9.90 Å². The van der Waals surface area contributed by atoms with Crippen molar-refractivity contribution >= 4 is 5.97 Å². The normalized spacial score (nSPS) is 16.8. The van der Waals surface area contributed by atoms with Gasteiger partial charge in [-0.05, 0) is 36.7 Å². The van der Waals surface area contributed by atoms with Crippen LogP contribution in [0.1, 0.15) is 18.4 Å². The molecule has 2 aromatic rings. The molecule has 116 valence electrons. The highest BCUT2D eigenvalue weighted by Crippen LogP contribution is 2.20. The molecule has 22 heavy (non-hydrogen) atoms. The zero-order valence-corrected chi connectivity index (χ0v) is 12.5. The zero-order valence-electron chi connectivity index (χ0n) is 12.5. The van der Waals surface area contributed by atoms with E-state index in [0.717, 1.165) is 38.0 Å². The molecule has 7 nitrogen and oxygen atoms in total. The van der Waals surface area contributed by atoms with Crippen LogP contribution in [0, 0.1) is 5.92 Å². The fourth-order valence-electron chi connectivity index (χ4n) is 2.76. The van der Waals surface area contributed by atoms with Crippen LogP contribution in [-0.2, 0) is 18.4 Å². The zero-order chi connectivity index (χ0) is 15.5. The second-order valence-corrected chi connectivity index (χ2v) is 5.69. The van der Waals surface area contributed by atoms with Gasteiger partial charge in [-0.15, -0.1) is 10.2 Å². The van der Waals surface area contributed by atoms with Gasteiger partial charge in [0.05, 0.1) is 13.0 Å². The number of hydrogen-bond donors (Lipinski definition) is 1. The van der Waals surface area contributed by atoms with E-state index in [1.165, 1.54) is 10.4 Å². The van der Waals surface area contributed by atoms with E-state index in [0.29, 0.717) is 5.82 Å². The summed E-state index contributed by atoms with van der Waals surface area (Å²) in [4.78, 5) is 14.7. The van der Waals surface area contributed by atoms with Crippen molar-refractivity contribution in [3.63, 3.8) is 0 Å². The fourth-order valence-corrected chi connectivity index (χ4v) is 2.76. The second kappa shape index (κ2) is 6.23. The quantitative estimate of drug-likeness (QED) is 0.912. The second-order valence-electron chi connectivity index (χ2n) is 5.69. The van der Waals surface area contributed by atoms with Crippen molar-refractivity contribution in [2.24, 2.45) is 13.0 Å². The van der Waals surface area contributed by atoms with Crippen LogP contribution in [0.4, 0.5) is 0 Å². The lowest BCUT2D eigenvalue weighted by molar-refractivity contribution is -0.143. The summed E-state index contributed by atoms with van der Waals surface area (Å²) in [6.45, 7) is 2.52. The molecule has 0 bridgehead atoms. The van der Waals surface area contributed by atoms with E-state index in [4.69, 9.17) is 5.11 Å². The number of aromatic nitrogens is 4. The highest BCUT2D eigenvalue weighted by atomic mass is 16.4. The van der Waals surface area contributed by atoms with Crippen LogP contribution in [0.25, 0.3) is 11.4 Å². The van der Waals surface area contributed by atoms with Crippen LogP contribution in [-0.4, -0.2) is 49.3 Å². The van der Waals surface area contributed by atoms with Gasteiger partial charge in [0.1, 0.15) is 0 Å². The predicted octanol–water partition coefficient (Wildman–Crippen LogP) is 1.17. The summed E-state index contributed by atoms with van der Waals surface area (Å²) < 4.78 is 0. The summed E-state index contributed by atoms with van der Waals surface area (Å²) in [5.74, 6) is -0.224. The first-order valence-electron chi connectivity index (χ1n) is 7.40. The number of likely N-dealkylation sites (tertiary alicyclic amines) is 1. The summed E-state index contributed by atoms with van der Waals surface area (Å²) in [6.07, 6.45) is 1.47. The monoisotopic (exact) mass is 301 g/mol. The average molecular weight is 301 g/mol. The third kappa shape index (κ3) is 3.30. The van der Waals surface area contributed by atoms with Gasteiger partial charge in [-0.3, -0.25) is 9.69 Å². The maximum Gasteiger partial charge on any atom is 0.306 e. The smallest absolute Gasteiger partial charge is 0.306 e. The number of tetrazole rings is 1. The molecule has 0 radical (unpaired) electrons. The first-order valence-corrected chi connectivity index (χ1v) is 7.40. The first kappa shape index (κ1) is 14.6. The van der Waals surface area contributed by atoms with Gasteiger partial charge < -0.3 is 5.11 Å². The molecule has 1 aliphatic heterocycles. The van der Waals surface area contributed by atoms with Crippen molar-refractivity contribution in [1.29, 1.82) is 0 Å². The van der Waals surface area contributed by atoms with E-state index in [1.54, 1.807) is 7.05 Å². The lowest BCUT2D eigenvalue weighted by atomic mass is 9.97. The average Bonchev–Trinajstić information content (AvgIpc) is 2.95. The number of carboxylic acid groups (broad SMARTS) is 1. The van der Waals surface area contributed by atoms with E-state index in [9.17, 15) is 4.79 Å². The largest absolute Gasteiger partial charge is 0.481 e. The van der Waals surface area contributed by atoms with Crippen molar-refractivity contribution in [3.05, 3.63) is 29.8 Å². The Bertz CT molecular complexity index is 644. The lowest BCUT2D eigenvalue weighted by Crippen LogP contribution is -2.35. The van der Waals surface area contributed by atoms with Gasteiger partial charge in [-0.2, -0.15) is 4.80 Å². The van der Waals surface area contributed by atoms with E-state index in [-0.39, 0.29) is 5.92 Å². The van der Waals surface area contributed by atoms with Crippen molar-refractivity contribution in [2.75, 3.05) is 13.1 Å². The summed E-state index contributed by atoms with van der Waals surface area (Å²) in [7, 11) is 1.74. The molecule has 3 rings (SSSR count). The van der Waals surface area contributed by atoms with Crippen LogP contribution in [0.3, 0.4) is 0 Å². The van der Waals surface area contributed by atoms with Gasteiger partial charge >= 0.3 is 5.97 Å². The summed E-state index contributed by atoms with van der Waals surface area (Å²) in [6, 6.07) is 8.12. The molecule has 0 unspecified atom stereocenters. The Kier molecular flexibility index (Phi) is 4.15. The van der Waals surface area contributed by atoms with E-state index >= 15 is 0 Å². The Labute approximate surface area is 128 Å². The van der Waals surface area contributed by atoms with Crippen molar-refractivity contribution in [3.8, 4) is 11.4 Å². The number of carboxylic acids is 1. The van der Waals surface area contributed by atoms with E-state index < -0.39 is 5.97 Å². The first-order chi connectivity index (χ1) is 10.6. The van der Waals surface area contributed by atoms with Gasteiger partial charge in [0.2, 0.25) is 5.82 Å². The molecular formula is C15H19N5O2. The van der Waals surface area contributed by atoms with E-state index in [1.807, 2.05) is 12.1 Å². The molecule has 0 aliphatic carbocycles. The Morgan fingerprint density at radius 3 is 2.50 bits per heavy atom. The summed E-state index contributed by atoms with van der Waals surface area (Å²) >= 11 is 0. The van der Waals surface area contributed by atoms with Crippen molar-refractivity contribution in [2.45, 2.75) is 19.4 Å². The highest BCUT2D eigenvalue weighted by Gasteiger charge is 2.24. The van der Waals surface area contributed by atoms with Gasteiger partial charge in [0.25, 0.3) is 0 Å². The number of carbonyl (C=O) groups is 1. The molecule has 1 saturated heterocycles. The lowest BCUT2D eigenvalue weighted by Gasteiger charge is -2.30. The minimum absolute atomic E-state index is 0.179. The molecule has 1 aromatic carbocycles. The number of piperidine rings is 1. The number of nitrogens with zero attached hydrogens (tertiary/aromatic N) is 5. The Morgan fingerprint density at radius 1 is 1.27 bits per heavy atom. The van der Waals surface area contributed by atoms with Gasteiger partial charge in [0.15, 0.2) is 0 Å². The molecule has 0 amide bonds. The highest BCUT2D eigenvalue weighted by molar-refractivity contribution is 5.70. The standard InChI is InChI=1S/C15H19N5O2/c1-19-17-14(16-18-19)12-4-2-11(3-5-12)10-20-8-6-13(7-9-20)15(21)22/h2-5,13H,6-10H2,1H3,(H,21,22). The Morgan fingerprint density at radius 2 is 1.95 bits per heavy atom. The third-order valence-electron chi connectivity index (χ3n) is 4.06. The summed E-state index contributed by atoms with van der Waals surface area (Å²) in [5.41, 5.74) is 2.16. The van der Waals surface area contributed by atoms with Crippen LogP contribution in [0.15, 0.2) is 24.3 Å². The molecule has 2 heterocycles. The molecule has 0 atom stereocenters. The molecule has 0 saturated carbocycles. The maximum absolute atomic E-state index is 11.0. The van der Waals surface area contributed by atoms with E-state index in [2.05, 4.69) is 32.4 Å². The van der Waals surface area contributed by atoms with Gasteiger partial charge in [-0.1, -0.05) is 24.3 Å². The van der Waals surface area contributed by atoms with Gasteiger partial charge in [-0.25, -0.2) is 0 Å². The molecule has 1 N–H and O–H groups in total. The van der Waals surface area contributed by atoms with Crippen LogP contribution in [0.5, 0.6) is 0 Å². The third-order valence-corrected chi connectivity index (χ3v) is 4.06. The number of benzene rings is 1. The number of hydrogen-bond acceptors (Lipinski definition) is 5. The number of rotatable bonds is 4. The molecule has 7 heteroatoms. The Balaban J connectivity index is 1.59. The maximum atomic E-state index is 11.0. The SMILES string of the molecule is Cn1nnc(-c2ccc(CN3CCC(C(=O)O)CC3)cc2)n1. The number of aryl methyl sites for hydroxylation is 1. The van der Waals surface area contributed by atoms with Crippen molar-refractivity contribution in [1.82, 2.24) is 25.1 Å². The van der Waals surface area contributed by atoms with Gasteiger partial charge in [0, 0.05) is 12.1 Å². The minimum atomic E-state index is -0.666. The molecule has 1 aromatic heterocycles. The molecule has 1 aliphatic rings. The fraction of sp³-hybridized carbons (Fsp3) is 0.467. The van der Waals surface area contributed by atoms with Crippen LogP contribution < -0.4 is 0 Å². The predicted molar refractivity (Wildman–Crippen MR) is 79.9 cm³/mol. The minimum Gasteiger partial charge on any atom is -0.481 e. The molecular weight excluding hydrogens is 282 g/mol. The molecule has 0 spiro atoms. The summed E-state index contributed by atoms with van der Waals surface area (Å²) in [5, 5.41) is 21.0. The number of aliphatic carboxylic acids is 1. The van der Waals surface area contributed by atoms with Crippen LogP contribution >= 0.6 is 0 Å².